The number of carbonyl (C=O) groups is 1. The van der Waals surface area contributed by atoms with Gasteiger partial charge in [-0.25, -0.2) is 0 Å². The minimum Gasteiger partial charge on any atom is -0.303 e. The molecular weight excluding hydrogens is 324 g/mol. The van der Waals surface area contributed by atoms with E-state index in [9.17, 15) is 14.9 Å². The third-order valence-electron chi connectivity index (χ3n) is 3.53. The molecule has 0 fully saturated rings. The van der Waals surface area contributed by atoms with E-state index in [1.807, 2.05) is 41.8 Å². The van der Waals surface area contributed by atoms with Crippen LogP contribution in [0.15, 0.2) is 72.1 Å². The highest BCUT2D eigenvalue weighted by Crippen LogP contribution is 2.23. The lowest BCUT2D eigenvalue weighted by Crippen LogP contribution is -2.29. The van der Waals surface area contributed by atoms with Crippen LogP contribution >= 0.6 is 11.3 Å². The lowest BCUT2D eigenvalue weighted by Gasteiger charge is -2.22. The minimum absolute atomic E-state index is 0.0367. The molecule has 0 aliphatic carbocycles. The number of amides is 1. The first-order valence-corrected chi connectivity index (χ1v) is 8.17. The third kappa shape index (κ3) is 3.49. The monoisotopic (exact) mass is 338 g/mol. The number of nitro benzene ring substituents is 1. The Balaban J connectivity index is 1.90. The van der Waals surface area contributed by atoms with Crippen molar-refractivity contribution >= 4 is 28.6 Å². The number of nitrogens with zero attached hydrogens (tertiary/aromatic N) is 2. The van der Waals surface area contributed by atoms with Gasteiger partial charge in [0.15, 0.2) is 0 Å². The van der Waals surface area contributed by atoms with Crippen LogP contribution in [-0.2, 0) is 6.54 Å². The summed E-state index contributed by atoms with van der Waals surface area (Å²) in [6, 6.07) is 19.3. The number of hydrogen-bond donors (Lipinski definition) is 0. The molecule has 1 heterocycles. The predicted octanol–water partition coefficient (Wildman–Crippen LogP) is 4.50. The van der Waals surface area contributed by atoms with Crippen LogP contribution < -0.4 is 4.90 Å². The molecule has 0 spiro atoms. The van der Waals surface area contributed by atoms with Gasteiger partial charge in [-0.2, -0.15) is 0 Å². The van der Waals surface area contributed by atoms with Gasteiger partial charge in [-0.05, 0) is 29.1 Å². The van der Waals surface area contributed by atoms with Crippen molar-refractivity contribution in [1.82, 2.24) is 0 Å². The van der Waals surface area contributed by atoms with Crippen molar-refractivity contribution in [3.05, 3.63) is 92.7 Å². The van der Waals surface area contributed by atoms with Gasteiger partial charge in [0.25, 0.3) is 11.6 Å². The summed E-state index contributed by atoms with van der Waals surface area (Å²) in [5, 5.41) is 12.6. The molecule has 3 rings (SSSR count). The van der Waals surface area contributed by atoms with E-state index < -0.39 is 4.92 Å². The largest absolute Gasteiger partial charge is 0.303 e. The molecule has 6 heteroatoms. The zero-order chi connectivity index (χ0) is 16.9. The van der Waals surface area contributed by atoms with Gasteiger partial charge >= 0.3 is 0 Å². The van der Waals surface area contributed by atoms with E-state index in [1.165, 1.54) is 23.5 Å². The van der Waals surface area contributed by atoms with Gasteiger partial charge in [-0.1, -0.05) is 36.4 Å². The smallest absolute Gasteiger partial charge is 0.269 e. The number of hydrogen-bond acceptors (Lipinski definition) is 4. The summed E-state index contributed by atoms with van der Waals surface area (Å²) in [5.41, 5.74) is 1.65. The van der Waals surface area contributed by atoms with E-state index in [1.54, 1.807) is 23.1 Å². The lowest BCUT2D eigenvalue weighted by atomic mass is 10.1. The first-order valence-electron chi connectivity index (χ1n) is 7.29. The normalized spacial score (nSPS) is 10.3. The van der Waals surface area contributed by atoms with Gasteiger partial charge in [0.1, 0.15) is 0 Å². The zero-order valence-corrected chi connectivity index (χ0v) is 13.5. The highest BCUT2D eigenvalue weighted by Gasteiger charge is 2.19. The first kappa shape index (κ1) is 15.9. The molecule has 0 aliphatic heterocycles. The Bertz CT molecular complexity index is 830. The number of para-hydroxylation sites is 1. The Morgan fingerprint density at radius 3 is 2.29 bits per heavy atom. The van der Waals surface area contributed by atoms with E-state index in [2.05, 4.69) is 0 Å². The summed E-state index contributed by atoms with van der Waals surface area (Å²) in [7, 11) is 0. The molecule has 0 saturated carbocycles. The first-order chi connectivity index (χ1) is 11.6. The summed E-state index contributed by atoms with van der Waals surface area (Å²) in [6.07, 6.45) is 0. The highest BCUT2D eigenvalue weighted by atomic mass is 32.1. The molecule has 2 aromatic carbocycles. The Hall–Kier alpha value is -2.99. The van der Waals surface area contributed by atoms with Gasteiger partial charge in [0.2, 0.25) is 0 Å². The van der Waals surface area contributed by atoms with Crippen molar-refractivity contribution in [3.8, 4) is 0 Å². The van der Waals surface area contributed by atoms with Crippen LogP contribution in [0, 0.1) is 10.1 Å². The van der Waals surface area contributed by atoms with Crippen molar-refractivity contribution in [2.24, 2.45) is 0 Å². The SMILES string of the molecule is O=C(c1cccs1)N(Cc1ccc([N+](=O)[O-])cc1)c1ccccc1. The molecule has 3 aromatic rings. The fourth-order valence-corrected chi connectivity index (χ4v) is 3.00. The second kappa shape index (κ2) is 7.06. The molecule has 1 aromatic heterocycles. The number of nitro groups is 1. The maximum absolute atomic E-state index is 12.8. The van der Waals surface area contributed by atoms with Crippen LogP contribution in [0.1, 0.15) is 15.2 Å². The number of benzene rings is 2. The molecule has 0 aliphatic rings. The van der Waals surface area contributed by atoms with Crippen molar-refractivity contribution in [2.75, 3.05) is 4.90 Å². The van der Waals surface area contributed by atoms with Crippen LogP contribution in [-0.4, -0.2) is 10.8 Å². The highest BCUT2D eigenvalue weighted by molar-refractivity contribution is 7.12. The molecule has 0 bridgehead atoms. The standard InChI is InChI=1S/C18H14N2O3S/c21-18(17-7-4-12-24-17)19(15-5-2-1-3-6-15)13-14-8-10-16(11-9-14)20(22)23/h1-12H,13H2. The van der Waals surface area contributed by atoms with Gasteiger partial charge < -0.3 is 4.90 Å². The second-order valence-corrected chi connectivity index (χ2v) is 6.08. The van der Waals surface area contributed by atoms with E-state index in [-0.39, 0.29) is 11.6 Å². The average Bonchev–Trinajstić information content (AvgIpc) is 3.15. The predicted molar refractivity (Wildman–Crippen MR) is 94.4 cm³/mol. The molecule has 0 unspecified atom stereocenters. The summed E-state index contributed by atoms with van der Waals surface area (Å²) in [4.78, 5) is 25.5. The fourth-order valence-electron chi connectivity index (χ4n) is 2.33. The van der Waals surface area contributed by atoms with E-state index in [4.69, 9.17) is 0 Å². The van der Waals surface area contributed by atoms with Crippen LogP contribution in [0.5, 0.6) is 0 Å². The molecule has 24 heavy (non-hydrogen) atoms. The van der Waals surface area contributed by atoms with Gasteiger partial charge in [-0.3, -0.25) is 14.9 Å². The average molecular weight is 338 g/mol. The van der Waals surface area contributed by atoms with Crippen molar-refractivity contribution in [3.63, 3.8) is 0 Å². The summed E-state index contributed by atoms with van der Waals surface area (Å²) >= 11 is 1.39. The topological polar surface area (TPSA) is 63.5 Å². The van der Waals surface area contributed by atoms with E-state index in [0.717, 1.165) is 11.3 Å². The van der Waals surface area contributed by atoms with Crippen molar-refractivity contribution in [1.29, 1.82) is 0 Å². The summed E-state index contributed by atoms with van der Waals surface area (Å²) < 4.78 is 0. The fraction of sp³-hybridized carbons (Fsp3) is 0.0556. The Labute approximate surface area is 142 Å². The van der Waals surface area contributed by atoms with Gasteiger partial charge in [-0.15, -0.1) is 11.3 Å². The molecule has 0 atom stereocenters. The number of rotatable bonds is 5. The van der Waals surface area contributed by atoms with Crippen LogP contribution in [0.4, 0.5) is 11.4 Å². The zero-order valence-electron chi connectivity index (χ0n) is 12.7. The molecule has 0 N–H and O–H groups in total. The Morgan fingerprint density at radius 1 is 1.00 bits per heavy atom. The Kier molecular flexibility index (Phi) is 4.67. The lowest BCUT2D eigenvalue weighted by molar-refractivity contribution is -0.384. The maximum atomic E-state index is 12.8. The summed E-state index contributed by atoms with van der Waals surface area (Å²) in [5.74, 6) is -0.0884. The van der Waals surface area contributed by atoms with Crippen LogP contribution in [0.2, 0.25) is 0 Å². The van der Waals surface area contributed by atoms with Gasteiger partial charge in [0.05, 0.1) is 16.3 Å². The van der Waals surface area contributed by atoms with Crippen molar-refractivity contribution in [2.45, 2.75) is 6.54 Å². The molecule has 0 radical (unpaired) electrons. The second-order valence-electron chi connectivity index (χ2n) is 5.13. The minimum atomic E-state index is -0.435. The number of non-ortho nitro benzene ring substituents is 1. The molecule has 1 amide bonds. The quantitative estimate of drug-likeness (QED) is 0.508. The van der Waals surface area contributed by atoms with E-state index >= 15 is 0 Å². The molecule has 5 nitrogen and oxygen atoms in total. The van der Waals surface area contributed by atoms with Crippen LogP contribution in [0.3, 0.4) is 0 Å². The summed E-state index contributed by atoms with van der Waals surface area (Å²) in [6.45, 7) is 0.346. The third-order valence-corrected chi connectivity index (χ3v) is 4.39. The number of anilines is 1. The van der Waals surface area contributed by atoms with Gasteiger partial charge in [0, 0.05) is 17.8 Å². The van der Waals surface area contributed by atoms with Crippen LogP contribution in [0.25, 0.3) is 0 Å². The number of carbonyl (C=O) groups excluding carboxylic acids is 1. The molecule has 0 saturated heterocycles. The Morgan fingerprint density at radius 2 is 1.71 bits per heavy atom. The van der Waals surface area contributed by atoms with E-state index in [0.29, 0.717) is 11.4 Å². The number of thiophene rings is 1. The molecule has 120 valence electrons. The molecular formula is C18H14N2O3S. The maximum Gasteiger partial charge on any atom is 0.269 e. The van der Waals surface area contributed by atoms with Crippen molar-refractivity contribution < 1.29 is 9.72 Å².